The normalized spacial score (nSPS) is 21.8. The van der Waals surface area contributed by atoms with Crippen LogP contribution in [0.1, 0.15) is 36.4 Å². The second kappa shape index (κ2) is 7.90. The summed E-state index contributed by atoms with van der Waals surface area (Å²) in [5.74, 6) is -1.90. The minimum absolute atomic E-state index is 0.00329. The van der Waals surface area contributed by atoms with Gasteiger partial charge in [0.05, 0.1) is 28.3 Å². The second-order valence-electron chi connectivity index (χ2n) is 7.92. The van der Waals surface area contributed by atoms with Gasteiger partial charge in [0.25, 0.3) is 12.0 Å². The summed E-state index contributed by atoms with van der Waals surface area (Å²) in [5, 5.41) is -0.574. The van der Waals surface area contributed by atoms with Crippen LogP contribution in [0.3, 0.4) is 0 Å². The van der Waals surface area contributed by atoms with Crippen molar-refractivity contribution >= 4 is 16.6 Å². The van der Waals surface area contributed by atoms with Crippen LogP contribution in [0.25, 0.3) is 10.9 Å². The van der Waals surface area contributed by atoms with Gasteiger partial charge in [-0.25, -0.2) is 18.0 Å². The molecule has 1 aromatic carbocycles. The van der Waals surface area contributed by atoms with Gasteiger partial charge in [-0.1, -0.05) is 0 Å². The van der Waals surface area contributed by atoms with Crippen molar-refractivity contribution in [1.29, 1.82) is 0 Å². The van der Waals surface area contributed by atoms with Gasteiger partial charge >= 0.3 is 12.3 Å². The number of hydrogen-bond donors (Lipinski definition) is 2. The van der Waals surface area contributed by atoms with Crippen molar-refractivity contribution in [2.24, 2.45) is 11.7 Å². The van der Waals surface area contributed by atoms with E-state index in [9.17, 15) is 27.2 Å². The Hall–Kier alpha value is -2.47. The third-order valence-electron chi connectivity index (χ3n) is 5.98. The monoisotopic (exact) mass is 448 g/mol. The van der Waals surface area contributed by atoms with E-state index in [1.807, 2.05) is 4.98 Å². The summed E-state index contributed by atoms with van der Waals surface area (Å²) in [5.41, 5.74) is 2.45. The number of aryl methyl sites for hydroxylation is 1. The lowest BCUT2D eigenvalue weighted by Gasteiger charge is -2.25. The number of aromatic amines is 1. The molecular weight excluding hydrogens is 427 g/mol. The smallest absolute Gasteiger partial charge is 0.345 e. The molecule has 4 rings (SSSR count). The number of fused-ring (bicyclic) bond motifs is 1. The van der Waals surface area contributed by atoms with Crippen molar-refractivity contribution in [2.45, 2.75) is 44.9 Å². The van der Waals surface area contributed by atoms with E-state index in [1.165, 1.54) is 16.4 Å². The van der Waals surface area contributed by atoms with E-state index in [0.29, 0.717) is 12.8 Å². The highest BCUT2D eigenvalue weighted by molar-refractivity contribution is 5.90. The fourth-order valence-corrected chi connectivity index (χ4v) is 4.48. The molecule has 1 aliphatic carbocycles. The number of alkyl halides is 4. The van der Waals surface area contributed by atoms with Crippen molar-refractivity contribution in [1.82, 2.24) is 9.55 Å². The maximum atomic E-state index is 15.4. The minimum atomic E-state index is -3.34. The third-order valence-corrected chi connectivity index (χ3v) is 5.98. The fourth-order valence-electron chi connectivity index (χ4n) is 4.48. The zero-order valence-electron chi connectivity index (χ0n) is 16.5. The van der Waals surface area contributed by atoms with Crippen LogP contribution in [0.15, 0.2) is 9.59 Å². The number of aromatic nitrogens is 2. The highest BCUT2D eigenvalue weighted by Gasteiger charge is 2.39. The predicted octanol–water partition coefficient (Wildman–Crippen LogP) is 2.41. The summed E-state index contributed by atoms with van der Waals surface area (Å²) in [7, 11) is 0. The molecule has 0 spiro atoms. The Morgan fingerprint density at radius 2 is 1.87 bits per heavy atom. The Bertz CT molecular complexity index is 1130. The van der Waals surface area contributed by atoms with Crippen LogP contribution in [0.5, 0.6) is 0 Å². The Kier molecular flexibility index (Phi) is 5.54. The number of benzene rings is 1. The Labute approximate surface area is 172 Å². The molecule has 1 aromatic heterocycles. The molecule has 1 aliphatic heterocycles. The average molecular weight is 448 g/mol. The number of rotatable bonds is 6. The quantitative estimate of drug-likeness (QED) is 0.663. The van der Waals surface area contributed by atoms with Gasteiger partial charge in [-0.3, -0.25) is 14.3 Å². The molecule has 3 N–H and O–H groups in total. The Morgan fingerprint density at radius 1 is 1.19 bits per heavy atom. The van der Waals surface area contributed by atoms with Crippen LogP contribution in [0, 0.1) is 18.7 Å². The summed E-state index contributed by atoms with van der Waals surface area (Å²) in [6.07, 6.45) is -3.14. The molecule has 170 valence electrons. The first kappa shape index (κ1) is 21.8. The van der Waals surface area contributed by atoms with E-state index in [-0.39, 0.29) is 42.4 Å². The maximum absolute atomic E-state index is 15.4. The lowest BCUT2D eigenvalue weighted by molar-refractivity contribution is -0.165. The lowest BCUT2D eigenvalue weighted by atomic mass is 10.0. The predicted molar refractivity (Wildman–Crippen MR) is 102 cm³/mol. The molecule has 31 heavy (non-hydrogen) atoms. The average Bonchev–Trinajstić information content (AvgIpc) is 3.43. The maximum Gasteiger partial charge on any atom is 0.345 e. The molecular formula is C19H21F5N4O3. The van der Waals surface area contributed by atoms with Gasteiger partial charge in [-0.2, -0.15) is 8.78 Å². The van der Waals surface area contributed by atoms with Crippen molar-refractivity contribution in [3.05, 3.63) is 37.8 Å². The molecule has 0 bridgehead atoms. The number of nitrogens with one attached hydrogen (secondary N) is 1. The van der Waals surface area contributed by atoms with Gasteiger partial charge in [0, 0.05) is 30.6 Å². The molecule has 2 aromatic rings. The molecule has 0 amide bonds. The largest absolute Gasteiger partial charge is 0.366 e. The standard InChI is InChI=1S/C19H21F5N4O3/c1-7-14-12(17(29)26-19(30)28(14)9-2-3-9)11(16(21)22)13(20)15(7)27-5-8(4-25)10(6-27)31-18(23)24/h8-10,16,18H,2-6,25H2,1H3,(H,26,29,30). The van der Waals surface area contributed by atoms with Crippen LogP contribution in [-0.2, 0) is 4.74 Å². The second-order valence-corrected chi connectivity index (χ2v) is 7.92. The van der Waals surface area contributed by atoms with Crippen LogP contribution >= 0.6 is 0 Å². The Morgan fingerprint density at radius 3 is 2.42 bits per heavy atom. The van der Waals surface area contributed by atoms with Crippen molar-refractivity contribution in [3.8, 4) is 0 Å². The van der Waals surface area contributed by atoms with Gasteiger partial charge < -0.3 is 15.4 Å². The van der Waals surface area contributed by atoms with Crippen molar-refractivity contribution in [3.63, 3.8) is 0 Å². The number of H-pyrrole nitrogens is 1. The van der Waals surface area contributed by atoms with E-state index in [4.69, 9.17) is 5.73 Å². The molecule has 1 saturated carbocycles. The molecule has 0 radical (unpaired) electrons. The van der Waals surface area contributed by atoms with Crippen LogP contribution < -0.4 is 21.9 Å². The van der Waals surface area contributed by atoms with Crippen molar-refractivity contribution < 1.29 is 26.7 Å². The van der Waals surface area contributed by atoms with Gasteiger partial charge in [0.2, 0.25) is 0 Å². The number of nitrogens with two attached hydrogens (primary N) is 1. The highest BCUT2D eigenvalue weighted by atomic mass is 19.3. The Balaban J connectivity index is 1.98. The first-order chi connectivity index (χ1) is 14.6. The summed E-state index contributed by atoms with van der Waals surface area (Å²) in [4.78, 5) is 28.2. The van der Waals surface area contributed by atoms with Gasteiger partial charge in [0.15, 0.2) is 5.82 Å². The van der Waals surface area contributed by atoms with E-state index in [0.717, 1.165) is 0 Å². The summed E-state index contributed by atoms with van der Waals surface area (Å²) >= 11 is 0. The minimum Gasteiger partial charge on any atom is -0.366 e. The topological polar surface area (TPSA) is 93.3 Å². The van der Waals surface area contributed by atoms with Crippen LogP contribution in [-0.4, -0.2) is 41.9 Å². The fraction of sp³-hybridized carbons (Fsp3) is 0.579. The van der Waals surface area contributed by atoms with E-state index in [1.54, 1.807) is 0 Å². The van der Waals surface area contributed by atoms with Crippen LogP contribution in [0.2, 0.25) is 0 Å². The summed E-state index contributed by atoms with van der Waals surface area (Å²) in [6, 6.07) is -0.292. The molecule has 2 atom stereocenters. The molecule has 2 aliphatic rings. The van der Waals surface area contributed by atoms with E-state index in [2.05, 4.69) is 4.74 Å². The first-order valence-electron chi connectivity index (χ1n) is 9.82. The molecule has 2 heterocycles. The first-order valence-corrected chi connectivity index (χ1v) is 9.82. The van der Waals surface area contributed by atoms with Crippen molar-refractivity contribution in [2.75, 3.05) is 24.5 Å². The molecule has 2 unspecified atom stereocenters. The SMILES string of the molecule is Cc1c(N2CC(CN)C(OC(F)F)C2)c(F)c(C(F)F)c2c(=O)[nH]c(=O)n(C3CC3)c12. The van der Waals surface area contributed by atoms with Gasteiger partial charge in [0.1, 0.15) is 0 Å². The summed E-state index contributed by atoms with van der Waals surface area (Å²) < 4.78 is 74.6. The summed E-state index contributed by atoms with van der Waals surface area (Å²) in [6.45, 7) is -1.88. The zero-order valence-corrected chi connectivity index (χ0v) is 16.5. The third kappa shape index (κ3) is 3.61. The van der Waals surface area contributed by atoms with Crippen LogP contribution in [0.4, 0.5) is 27.6 Å². The number of anilines is 1. The number of ether oxygens (including phenoxy) is 1. The van der Waals surface area contributed by atoms with E-state index < -0.39 is 53.1 Å². The lowest BCUT2D eigenvalue weighted by Crippen LogP contribution is -2.32. The zero-order chi connectivity index (χ0) is 22.6. The molecule has 12 heteroatoms. The number of nitrogens with zero attached hydrogens (tertiary/aromatic N) is 2. The van der Waals surface area contributed by atoms with Gasteiger partial charge in [-0.05, 0) is 26.3 Å². The molecule has 7 nitrogen and oxygen atoms in total. The number of halogens is 5. The molecule has 2 fully saturated rings. The van der Waals surface area contributed by atoms with Gasteiger partial charge in [-0.15, -0.1) is 0 Å². The highest BCUT2D eigenvalue weighted by Crippen LogP contribution is 2.43. The van der Waals surface area contributed by atoms with E-state index >= 15 is 4.39 Å². The number of hydrogen-bond acceptors (Lipinski definition) is 5. The molecule has 1 saturated heterocycles.